The summed E-state index contributed by atoms with van der Waals surface area (Å²) < 4.78 is 57.5. The molecule has 196 valence electrons. The van der Waals surface area contributed by atoms with Crippen molar-refractivity contribution in [1.29, 1.82) is 5.41 Å². The highest BCUT2D eigenvalue weighted by molar-refractivity contribution is 6.34. The third-order valence-electron chi connectivity index (χ3n) is 6.13. The number of anilines is 2. The molecule has 1 atom stereocenters. The number of benzene rings is 2. The Morgan fingerprint density at radius 1 is 1.24 bits per heavy atom. The molecule has 1 fully saturated rings. The zero-order chi connectivity index (χ0) is 26.7. The van der Waals surface area contributed by atoms with Crippen LogP contribution in [0.25, 0.3) is 0 Å². The molecule has 37 heavy (non-hydrogen) atoms. The molecule has 2 aromatic carbocycles. The number of nitrogens with one attached hydrogen (secondary N) is 4. The molecule has 1 unspecified atom stereocenters. The van der Waals surface area contributed by atoms with Gasteiger partial charge in [-0.25, -0.2) is 4.39 Å². The van der Waals surface area contributed by atoms with Crippen molar-refractivity contribution in [1.82, 2.24) is 9.88 Å². The Balaban J connectivity index is 1.62. The summed E-state index contributed by atoms with van der Waals surface area (Å²) in [6.45, 7) is 1.09. The maximum atomic E-state index is 14.2. The Hall–Kier alpha value is -3.73. The number of nitrogens with zero attached hydrogens (tertiary/aromatic N) is 1. The molecule has 1 aliphatic heterocycles. The zero-order valence-electron chi connectivity index (χ0n) is 19.7. The average Bonchev–Trinajstić information content (AvgIpc) is 3.33. The number of H-pyrrole nitrogens is 1. The van der Waals surface area contributed by atoms with Gasteiger partial charge in [-0.1, -0.05) is 23.7 Å². The lowest BCUT2D eigenvalue weighted by Crippen LogP contribution is -2.39. The monoisotopic (exact) mass is 537 g/mol. The molecule has 7 nitrogen and oxygen atoms in total. The predicted molar refractivity (Wildman–Crippen MR) is 133 cm³/mol. The molecule has 0 saturated carbocycles. The molecule has 0 aliphatic carbocycles. The maximum Gasteiger partial charge on any atom is 0.573 e. The van der Waals surface area contributed by atoms with Gasteiger partial charge in [0.05, 0.1) is 21.8 Å². The summed E-state index contributed by atoms with van der Waals surface area (Å²) in [6.07, 6.45) is -1.80. The van der Waals surface area contributed by atoms with Crippen LogP contribution in [0.2, 0.25) is 5.02 Å². The number of ether oxygens (including phenoxy) is 1. The predicted octanol–water partition coefficient (Wildman–Crippen LogP) is 6.20. The summed E-state index contributed by atoms with van der Waals surface area (Å²) in [5.41, 5.74) is 0.586. The second-order valence-electron chi connectivity index (χ2n) is 8.50. The Kier molecular flexibility index (Phi) is 7.63. The number of carbonyl (C=O) groups excluding carboxylic acids is 1. The Bertz CT molecular complexity index is 1290. The number of hydrogen-bond acceptors (Lipinski definition) is 4. The molecule has 0 radical (unpaired) electrons. The third kappa shape index (κ3) is 5.99. The largest absolute Gasteiger partial charge is 0.573 e. The van der Waals surface area contributed by atoms with Gasteiger partial charge in [0.15, 0.2) is 5.75 Å². The maximum absolute atomic E-state index is 14.2. The van der Waals surface area contributed by atoms with Gasteiger partial charge in [-0.3, -0.25) is 10.2 Å². The summed E-state index contributed by atoms with van der Waals surface area (Å²) in [5, 5.41) is 13.8. The van der Waals surface area contributed by atoms with E-state index in [9.17, 15) is 22.4 Å². The van der Waals surface area contributed by atoms with Gasteiger partial charge in [-0.15, -0.1) is 13.2 Å². The quantitative estimate of drug-likeness (QED) is 0.171. The Morgan fingerprint density at radius 3 is 2.73 bits per heavy atom. The van der Waals surface area contributed by atoms with Gasteiger partial charge in [0.25, 0.3) is 5.91 Å². The van der Waals surface area contributed by atoms with Crippen molar-refractivity contribution in [2.75, 3.05) is 30.8 Å². The standard InChI is InChI=1S/C25H24ClF4N5O2/c1-32-23-16(9-10-33-23)22(31)35-11-3-4-15(13-35)14-7-8-20(37-25(28,29)30)19(12-14)34-24(36)21-17(26)5-2-6-18(21)27/h2,5-10,12,15,31-33H,3-4,11,13H2,1H3,(H,34,36). The van der Waals surface area contributed by atoms with Gasteiger partial charge in [-0.2, -0.15) is 0 Å². The van der Waals surface area contributed by atoms with E-state index in [1.54, 1.807) is 19.3 Å². The lowest BCUT2D eigenvalue weighted by Gasteiger charge is -2.35. The van der Waals surface area contributed by atoms with Crippen molar-refractivity contribution in [3.05, 3.63) is 76.2 Å². The van der Waals surface area contributed by atoms with Gasteiger partial charge in [-0.05, 0) is 48.7 Å². The van der Waals surface area contributed by atoms with Crippen LogP contribution in [-0.2, 0) is 0 Å². The zero-order valence-corrected chi connectivity index (χ0v) is 20.4. The van der Waals surface area contributed by atoms with Crippen LogP contribution >= 0.6 is 11.6 Å². The van der Waals surface area contributed by atoms with Crippen LogP contribution in [0, 0.1) is 11.2 Å². The van der Waals surface area contributed by atoms with Gasteiger partial charge in [0, 0.05) is 32.3 Å². The molecular formula is C25H24ClF4N5O2. The molecule has 3 aromatic rings. The molecule has 0 bridgehead atoms. The first-order chi connectivity index (χ1) is 17.6. The first kappa shape index (κ1) is 26.3. The van der Waals surface area contributed by atoms with Crippen LogP contribution in [0.4, 0.5) is 29.1 Å². The number of hydrogen-bond donors (Lipinski definition) is 4. The fourth-order valence-corrected chi connectivity index (χ4v) is 4.66. The minimum Gasteiger partial charge on any atom is -0.404 e. The van der Waals surface area contributed by atoms with E-state index in [4.69, 9.17) is 17.0 Å². The number of likely N-dealkylation sites (tertiary alicyclic amines) is 1. The second-order valence-corrected chi connectivity index (χ2v) is 8.91. The number of rotatable bonds is 6. The summed E-state index contributed by atoms with van der Waals surface area (Å²) in [7, 11) is 1.75. The van der Waals surface area contributed by atoms with E-state index in [0.717, 1.165) is 25.0 Å². The summed E-state index contributed by atoms with van der Waals surface area (Å²) in [5.74, 6) is -1.67. The number of aromatic amines is 1. The SMILES string of the molecule is CNc1[nH]ccc1C(=N)N1CCCC(c2ccc(OC(F)(F)F)c(NC(=O)c3c(F)cccc3Cl)c2)C1. The first-order valence-electron chi connectivity index (χ1n) is 11.4. The van der Waals surface area contributed by atoms with Crippen molar-refractivity contribution in [2.24, 2.45) is 0 Å². The van der Waals surface area contributed by atoms with Gasteiger partial charge in [0.1, 0.15) is 17.5 Å². The van der Waals surface area contributed by atoms with Crippen molar-refractivity contribution in [2.45, 2.75) is 25.1 Å². The van der Waals surface area contributed by atoms with Crippen molar-refractivity contribution in [3.63, 3.8) is 0 Å². The van der Waals surface area contributed by atoms with Gasteiger partial charge >= 0.3 is 6.36 Å². The molecule has 1 amide bonds. The molecular weight excluding hydrogens is 514 g/mol. The lowest BCUT2D eigenvalue weighted by molar-refractivity contribution is -0.274. The molecule has 2 heterocycles. The van der Waals surface area contributed by atoms with Gasteiger partial charge < -0.3 is 25.3 Å². The smallest absolute Gasteiger partial charge is 0.404 e. The summed E-state index contributed by atoms with van der Waals surface area (Å²) in [6, 6.07) is 9.45. The second kappa shape index (κ2) is 10.7. The molecule has 12 heteroatoms. The summed E-state index contributed by atoms with van der Waals surface area (Å²) in [4.78, 5) is 17.7. The molecule has 4 rings (SSSR count). The topological polar surface area (TPSA) is 93.2 Å². The van der Waals surface area contributed by atoms with E-state index < -0.39 is 29.4 Å². The average molecular weight is 538 g/mol. The van der Waals surface area contributed by atoms with Crippen LogP contribution in [0.3, 0.4) is 0 Å². The van der Waals surface area contributed by atoms with Crippen molar-refractivity contribution in [3.8, 4) is 5.75 Å². The fraction of sp³-hybridized carbons (Fsp3) is 0.280. The van der Waals surface area contributed by atoms with E-state index in [2.05, 4.69) is 20.4 Å². The minimum atomic E-state index is -5.01. The van der Waals surface area contributed by atoms with Crippen LogP contribution in [0.1, 0.15) is 40.2 Å². The third-order valence-corrected chi connectivity index (χ3v) is 6.44. The van der Waals surface area contributed by atoms with Crippen LogP contribution in [0.15, 0.2) is 48.7 Å². The van der Waals surface area contributed by atoms with E-state index in [1.807, 2.05) is 4.90 Å². The fourth-order valence-electron chi connectivity index (χ4n) is 4.41. The van der Waals surface area contributed by atoms with Crippen molar-refractivity contribution >= 4 is 34.8 Å². The van der Waals surface area contributed by atoms with Crippen molar-refractivity contribution < 1.29 is 27.1 Å². The number of piperidine rings is 1. The Labute approximate surface area is 215 Å². The van der Waals surface area contributed by atoms with E-state index in [0.29, 0.717) is 35.9 Å². The number of aromatic nitrogens is 1. The highest BCUT2D eigenvalue weighted by Crippen LogP contribution is 2.36. The number of carbonyl (C=O) groups is 1. The van der Waals surface area contributed by atoms with E-state index >= 15 is 0 Å². The minimum absolute atomic E-state index is 0.140. The highest BCUT2D eigenvalue weighted by Gasteiger charge is 2.33. The van der Waals surface area contributed by atoms with Crippen LogP contribution in [0.5, 0.6) is 5.75 Å². The van der Waals surface area contributed by atoms with E-state index in [1.165, 1.54) is 24.3 Å². The Morgan fingerprint density at radius 2 is 2.03 bits per heavy atom. The van der Waals surface area contributed by atoms with E-state index in [-0.39, 0.29) is 16.6 Å². The number of amidine groups is 1. The highest BCUT2D eigenvalue weighted by atomic mass is 35.5. The molecule has 1 saturated heterocycles. The normalized spacial score (nSPS) is 15.8. The molecule has 1 aromatic heterocycles. The van der Waals surface area contributed by atoms with Crippen LogP contribution in [-0.4, -0.2) is 48.1 Å². The molecule has 0 spiro atoms. The lowest BCUT2D eigenvalue weighted by atomic mass is 9.89. The van der Waals surface area contributed by atoms with Crippen LogP contribution < -0.4 is 15.4 Å². The molecule has 1 aliphatic rings. The number of amides is 1. The number of alkyl halides is 3. The summed E-state index contributed by atoms with van der Waals surface area (Å²) >= 11 is 5.96. The first-order valence-corrected chi connectivity index (χ1v) is 11.8. The van der Waals surface area contributed by atoms with Gasteiger partial charge in [0.2, 0.25) is 0 Å². The molecule has 4 N–H and O–H groups in total. The number of halogens is 5.